The van der Waals surface area contributed by atoms with Gasteiger partial charge in [-0.3, -0.25) is 19.7 Å². The van der Waals surface area contributed by atoms with Gasteiger partial charge in [0, 0.05) is 56.9 Å². The topological polar surface area (TPSA) is 129 Å². The lowest BCUT2D eigenvalue weighted by Gasteiger charge is -2.32. The van der Waals surface area contributed by atoms with Crippen LogP contribution in [0.2, 0.25) is 0 Å². The summed E-state index contributed by atoms with van der Waals surface area (Å²) in [6, 6.07) is 13.9. The fourth-order valence-electron chi connectivity index (χ4n) is 7.33. The second kappa shape index (κ2) is 15.3. The Bertz CT molecular complexity index is 1940. The molecule has 3 fully saturated rings. The number of benzene rings is 2. The maximum absolute atomic E-state index is 13.4. The quantitative estimate of drug-likeness (QED) is 0.226. The molecule has 3 saturated heterocycles. The maximum atomic E-state index is 13.4. The van der Waals surface area contributed by atoms with E-state index in [0.29, 0.717) is 44.2 Å². The van der Waals surface area contributed by atoms with Gasteiger partial charge in [-0.15, -0.1) is 0 Å². The molecule has 16 heteroatoms. The summed E-state index contributed by atoms with van der Waals surface area (Å²) in [7, 11) is 0.583. The van der Waals surface area contributed by atoms with Crippen molar-refractivity contribution in [2.24, 2.45) is 7.05 Å². The molecule has 52 heavy (non-hydrogen) atoms. The number of alkyl halides is 3. The van der Waals surface area contributed by atoms with E-state index in [1.165, 1.54) is 10.5 Å². The fraction of sp³-hybridized carbons (Fsp3) is 0.472. The molecule has 3 amide bonds. The second-order valence-corrected chi connectivity index (χ2v) is 15.2. The molecule has 5 heterocycles. The van der Waals surface area contributed by atoms with E-state index in [-0.39, 0.29) is 24.3 Å². The van der Waals surface area contributed by atoms with E-state index in [9.17, 15) is 27.0 Å². The number of urea groups is 1. The van der Waals surface area contributed by atoms with Gasteiger partial charge in [0.2, 0.25) is 11.9 Å². The lowest BCUT2D eigenvalue weighted by molar-refractivity contribution is -0.138. The molecule has 3 aliphatic heterocycles. The third-order valence-corrected chi connectivity index (χ3v) is 11.8. The highest BCUT2D eigenvalue weighted by atomic mass is 32.2. The summed E-state index contributed by atoms with van der Waals surface area (Å²) in [5.74, 6) is 0.916. The number of carbonyl (C=O) groups excluding carboxylic acids is 2. The highest BCUT2D eigenvalue weighted by Crippen LogP contribution is 2.34. The van der Waals surface area contributed by atoms with Crippen LogP contribution < -0.4 is 15.5 Å². The molecule has 1 unspecified atom stereocenters. The smallest absolute Gasteiger partial charge is 0.351 e. The summed E-state index contributed by atoms with van der Waals surface area (Å²) >= 11 is 0. The third kappa shape index (κ3) is 8.13. The highest BCUT2D eigenvalue weighted by molar-refractivity contribution is 7.82. The number of amides is 3. The van der Waals surface area contributed by atoms with Gasteiger partial charge in [-0.2, -0.15) is 18.3 Å². The van der Waals surface area contributed by atoms with Gasteiger partial charge in [-0.25, -0.2) is 23.3 Å². The van der Waals surface area contributed by atoms with E-state index in [1.807, 2.05) is 40.3 Å². The number of hydrogen-bond donors (Lipinski definition) is 2. The van der Waals surface area contributed by atoms with Crippen molar-refractivity contribution in [3.8, 4) is 0 Å². The SMILES string of the molecule is Cn1nc(N2CCC(=O)NC2=O)c2ccc(C3CCN(CCCc4cccc(S(=O)N5CCC(Nc6ncc(C(F)(F)F)cn6)CC5)c4)CC3)cc21. The maximum Gasteiger partial charge on any atom is 0.419 e. The average Bonchev–Trinajstić information content (AvgIpc) is 3.47. The number of imide groups is 1. The molecule has 2 aromatic heterocycles. The van der Waals surface area contributed by atoms with E-state index >= 15 is 0 Å². The molecule has 0 spiro atoms. The molecular weight excluding hydrogens is 696 g/mol. The van der Waals surface area contributed by atoms with Gasteiger partial charge in [0.1, 0.15) is 11.0 Å². The van der Waals surface area contributed by atoms with Crippen LogP contribution in [0.25, 0.3) is 10.9 Å². The van der Waals surface area contributed by atoms with Crippen molar-refractivity contribution in [1.82, 2.24) is 34.3 Å². The van der Waals surface area contributed by atoms with Crippen molar-refractivity contribution in [1.29, 1.82) is 0 Å². The van der Waals surface area contributed by atoms with Crippen molar-refractivity contribution < 1.29 is 27.0 Å². The molecule has 7 rings (SSSR count). The summed E-state index contributed by atoms with van der Waals surface area (Å²) in [6.45, 7) is 4.51. The molecule has 0 radical (unpaired) electrons. The Morgan fingerprint density at radius 1 is 0.962 bits per heavy atom. The van der Waals surface area contributed by atoms with Crippen molar-refractivity contribution in [3.05, 3.63) is 71.5 Å². The normalized spacial score (nSPS) is 19.3. The standard InChI is InChI=1S/C36H42F3N9O3S/c1-45-31-21-26(7-8-30(31)33(44-45)48-19-13-32(49)43-35(48)50)25-9-15-46(16-10-25)14-3-5-24-4-2-6-29(20-24)52(51)47-17-11-28(12-18-47)42-34-40-22-27(23-41-34)36(37,38)39/h2,4,6-8,20-23,25,28H,3,5,9-19H2,1H3,(H,40,41,42)(H,43,49,50). The summed E-state index contributed by atoms with van der Waals surface area (Å²) in [4.78, 5) is 36.5. The van der Waals surface area contributed by atoms with Gasteiger partial charge in [-0.1, -0.05) is 18.2 Å². The van der Waals surface area contributed by atoms with E-state index in [1.54, 1.807) is 0 Å². The Hall–Kier alpha value is -4.41. The van der Waals surface area contributed by atoms with Crippen molar-refractivity contribution >= 4 is 45.6 Å². The minimum absolute atomic E-state index is 0.00969. The minimum atomic E-state index is -4.47. The van der Waals surface area contributed by atoms with Crippen LogP contribution in [0.15, 0.2) is 59.8 Å². The first kappa shape index (κ1) is 36.0. The number of rotatable bonds is 10. The second-order valence-electron chi connectivity index (χ2n) is 13.7. The lowest BCUT2D eigenvalue weighted by Crippen LogP contribution is -2.49. The molecule has 2 N–H and O–H groups in total. The van der Waals surface area contributed by atoms with Crippen molar-refractivity contribution in [2.45, 2.75) is 68.0 Å². The van der Waals surface area contributed by atoms with Gasteiger partial charge in [0.25, 0.3) is 0 Å². The average molecular weight is 738 g/mol. The number of aryl methyl sites for hydroxylation is 2. The van der Waals surface area contributed by atoms with Crippen LogP contribution in [-0.2, 0) is 35.4 Å². The summed E-state index contributed by atoms with van der Waals surface area (Å²) < 4.78 is 55.6. The molecular formula is C36H42F3N9O3S. The number of piperidine rings is 2. The van der Waals surface area contributed by atoms with Crippen LogP contribution in [0.3, 0.4) is 0 Å². The Balaban J connectivity index is 0.856. The number of fused-ring (bicyclic) bond motifs is 1. The highest BCUT2D eigenvalue weighted by Gasteiger charge is 2.32. The lowest BCUT2D eigenvalue weighted by atomic mass is 9.89. The van der Waals surface area contributed by atoms with Gasteiger partial charge in [-0.05, 0) is 99.5 Å². The first-order chi connectivity index (χ1) is 25.0. The molecule has 0 saturated carbocycles. The van der Waals surface area contributed by atoms with E-state index in [4.69, 9.17) is 0 Å². The van der Waals surface area contributed by atoms with Crippen LogP contribution >= 0.6 is 0 Å². The number of carbonyl (C=O) groups is 2. The Kier molecular flexibility index (Phi) is 10.6. The molecule has 3 aliphatic rings. The number of nitrogens with zero attached hydrogens (tertiary/aromatic N) is 7. The largest absolute Gasteiger partial charge is 0.419 e. The van der Waals surface area contributed by atoms with Crippen LogP contribution in [0.1, 0.15) is 61.1 Å². The van der Waals surface area contributed by atoms with E-state index in [2.05, 4.69) is 48.8 Å². The number of aromatic nitrogens is 4. The number of likely N-dealkylation sites (tertiary alicyclic amines) is 1. The van der Waals surface area contributed by atoms with Crippen LogP contribution in [0, 0.1) is 0 Å². The first-order valence-corrected chi connectivity index (χ1v) is 18.8. The number of hydrogen-bond acceptors (Lipinski definition) is 8. The molecule has 12 nitrogen and oxygen atoms in total. The predicted molar refractivity (Wildman–Crippen MR) is 191 cm³/mol. The summed E-state index contributed by atoms with van der Waals surface area (Å²) in [6.07, 6.45) is 2.71. The Morgan fingerprint density at radius 2 is 1.71 bits per heavy atom. The van der Waals surface area contributed by atoms with Gasteiger partial charge < -0.3 is 10.2 Å². The number of anilines is 2. The Labute approximate surface area is 302 Å². The zero-order valence-electron chi connectivity index (χ0n) is 28.9. The van der Waals surface area contributed by atoms with Gasteiger partial charge in [0.15, 0.2) is 5.82 Å². The van der Waals surface area contributed by atoms with Gasteiger partial charge >= 0.3 is 12.2 Å². The monoisotopic (exact) mass is 737 g/mol. The zero-order valence-corrected chi connectivity index (χ0v) is 29.8. The molecule has 0 aliphatic carbocycles. The molecule has 276 valence electrons. The Morgan fingerprint density at radius 3 is 2.42 bits per heavy atom. The predicted octanol–water partition coefficient (Wildman–Crippen LogP) is 5.24. The van der Waals surface area contributed by atoms with Crippen LogP contribution in [0.4, 0.5) is 29.7 Å². The number of halogens is 3. The van der Waals surface area contributed by atoms with Crippen LogP contribution in [-0.4, -0.2) is 90.4 Å². The summed E-state index contributed by atoms with van der Waals surface area (Å²) in [5.41, 5.74) is 2.52. The molecule has 1 atom stereocenters. The van der Waals surface area contributed by atoms with Crippen LogP contribution in [0.5, 0.6) is 0 Å². The van der Waals surface area contributed by atoms with E-state index in [0.717, 1.165) is 79.1 Å². The van der Waals surface area contributed by atoms with Crippen molar-refractivity contribution in [2.75, 3.05) is 49.5 Å². The van der Waals surface area contributed by atoms with Gasteiger partial charge in [0.05, 0.1) is 16.0 Å². The van der Waals surface area contributed by atoms with Crippen molar-refractivity contribution in [3.63, 3.8) is 0 Å². The molecule has 0 bridgehead atoms. The van der Waals surface area contributed by atoms with E-state index < -0.39 is 28.8 Å². The third-order valence-electron chi connectivity index (χ3n) is 10.3. The zero-order chi connectivity index (χ0) is 36.4. The number of nitrogens with one attached hydrogen (secondary N) is 2. The molecule has 2 aromatic carbocycles. The summed E-state index contributed by atoms with van der Waals surface area (Å²) in [5, 5.41) is 11.0. The fourth-order valence-corrected chi connectivity index (χ4v) is 8.62. The minimum Gasteiger partial charge on any atom is -0.351 e. The first-order valence-electron chi connectivity index (χ1n) is 17.7. The molecule has 4 aromatic rings.